The van der Waals surface area contributed by atoms with Crippen LogP contribution in [0.1, 0.15) is 41.6 Å². The van der Waals surface area contributed by atoms with E-state index in [1.54, 1.807) is 29.2 Å². The molecule has 0 unspecified atom stereocenters. The van der Waals surface area contributed by atoms with Gasteiger partial charge in [-0.15, -0.1) is 0 Å². The number of nitrogens with zero attached hydrogens (tertiary/aromatic N) is 2. The monoisotopic (exact) mass is 312 g/mol. The Balaban J connectivity index is 1.50. The number of nitrogens with one attached hydrogen (secondary N) is 2. The second-order valence-electron chi connectivity index (χ2n) is 6.15. The van der Waals surface area contributed by atoms with Gasteiger partial charge in [0.15, 0.2) is 0 Å². The molecular weight excluding hydrogens is 292 g/mol. The lowest BCUT2D eigenvalue weighted by Crippen LogP contribution is -2.49. The Morgan fingerprint density at radius 2 is 1.74 bits per heavy atom. The molecular formula is C17H20N4O2. The molecule has 23 heavy (non-hydrogen) atoms. The maximum absolute atomic E-state index is 12.5. The average molecular weight is 312 g/mol. The third-order valence-corrected chi connectivity index (χ3v) is 4.27. The Kier molecular flexibility index (Phi) is 4.47. The number of amides is 3. The van der Waals surface area contributed by atoms with Crippen LogP contribution >= 0.6 is 0 Å². The van der Waals surface area contributed by atoms with Gasteiger partial charge in [-0.25, -0.2) is 4.79 Å². The normalized spacial score (nSPS) is 18.1. The van der Waals surface area contributed by atoms with Crippen LogP contribution in [0.3, 0.4) is 0 Å². The van der Waals surface area contributed by atoms with Gasteiger partial charge >= 0.3 is 6.03 Å². The summed E-state index contributed by atoms with van der Waals surface area (Å²) in [6.45, 7) is 1.23. The van der Waals surface area contributed by atoms with Gasteiger partial charge in [0, 0.05) is 30.7 Å². The maximum Gasteiger partial charge on any atom is 0.315 e. The molecule has 2 aliphatic rings. The highest BCUT2D eigenvalue weighted by Crippen LogP contribution is 2.19. The van der Waals surface area contributed by atoms with E-state index in [1.807, 2.05) is 6.07 Å². The molecule has 1 aromatic carbocycles. The second-order valence-corrected chi connectivity index (χ2v) is 6.15. The minimum absolute atomic E-state index is 0.0528. The predicted molar refractivity (Wildman–Crippen MR) is 84.8 cm³/mol. The van der Waals surface area contributed by atoms with Crippen LogP contribution in [0.2, 0.25) is 0 Å². The first-order chi connectivity index (χ1) is 11.2. The Hall–Kier alpha value is -2.55. The summed E-state index contributed by atoms with van der Waals surface area (Å²) in [6, 6.07) is 9.18. The third kappa shape index (κ3) is 4.01. The highest BCUT2D eigenvalue weighted by atomic mass is 16.2. The fourth-order valence-electron chi connectivity index (χ4n) is 2.77. The molecule has 2 N–H and O–H groups in total. The van der Waals surface area contributed by atoms with Gasteiger partial charge in [0.05, 0.1) is 11.6 Å². The van der Waals surface area contributed by atoms with Gasteiger partial charge in [-0.2, -0.15) is 5.26 Å². The van der Waals surface area contributed by atoms with Gasteiger partial charge in [-0.05, 0) is 43.9 Å². The average Bonchev–Trinajstić information content (AvgIpc) is 3.38. The summed E-state index contributed by atoms with van der Waals surface area (Å²) in [6.07, 6.45) is 3.65. The number of hydrogen-bond donors (Lipinski definition) is 2. The lowest BCUT2D eigenvalue weighted by molar-refractivity contribution is 0.0708. The van der Waals surface area contributed by atoms with Crippen LogP contribution in [0.25, 0.3) is 0 Å². The minimum Gasteiger partial charge on any atom is -0.338 e. The molecule has 0 spiro atoms. The van der Waals surface area contributed by atoms with Gasteiger partial charge in [-0.3, -0.25) is 4.79 Å². The molecule has 120 valence electrons. The van der Waals surface area contributed by atoms with E-state index in [0.29, 0.717) is 30.3 Å². The van der Waals surface area contributed by atoms with Crippen molar-refractivity contribution in [2.45, 2.75) is 37.8 Å². The molecule has 1 aliphatic heterocycles. The molecule has 0 atom stereocenters. The summed E-state index contributed by atoms with van der Waals surface area (Å²) < 4.78 is 0. The zero-order valence-electron chi connectivity index (χ0n) is 12.9. The molecule has 0 bridgehead atoms. The number of carbonyl (C=O) groups excluding carboxylic acids is 2. The quantitative estimate of drug-likeness (QED) is 0.889. The van der Waals surface area contributed by atoms with Crippen LogP contribution < -0.4 is 10.6 Å². The van der Waals surface area contributed by atoms with Crippen molar-refractivity contribution in [2.75, 3.05) is 13.1 Å². The van der Waals surface area contributed by atoms with Crippen LogP contribution in [-0.2, 0) is 0 Å². The van der Waals surface area contributed by atoms with E-state index in [9.17, 15) is 9.59 Å². The number of rotatable bonds is 3. The van der Waals surface area contributed by atoms with Gasteiger partial charge in [0.2, 0.25) is 0 Å². The predicted octanol–water partition coefficient (Wildman–Crippen LogP) is 1.62. The Bertz CT molecular complexity index is 640. The Labute approximate surface area is 135 Å². The second kappa shape index (κ2) is 6.69. The molecule has 0 aromatic heterocycles. The molecule has 1 saturated carbocycles. The van der Waals surface area contributed by atoms with Crippen molar-refractivity contribution >= 4 is 11.9 Å². The number of hydrogen-bond acceptors (Lipinski definition) is 3. The molecule has 2 fully saturated rings. The minimum atomic E-state index is -0.0982. The van der Waals surface area contributed by atoms with Gasteiger partial charge in [0.1, 0.15) is 0 Å². The first kappa shape index (κ1) is 15.3. The highest BCUT2D eigenvalue weighted by Gasteiger charge is 2.27. The van der Waals surface area contributed by atoms with E-state index in [-0.39, 0.29) is 18.0 Å². The van der Waals surface area contributed by atoms with E-state index < -0.39 is 0 Å². The van der Waals surface area contributed by atoms with Crippen molar-refractivity contribution in [3.05, 3.63) is 35.4 Å². The molecule has 6 nitrogen and oxygen atoms in total. The SMILES string of the molecule is N#Cc1cccc(C(=O)N2CCC(NC(=O)NC3CC3)CC2)c1. The van der Waals surface area contributed by atoms with E-state index in [4.69, 9.17) is 5.26 Å². The number of benzene rings is 1. The van der Waals surface area contributed by atoms with Gasteiger partial charge in [-0.1, -0.05) is 6.07 Å². The topological polar surface area (TPSA) is 85.2 Å². The van der Waals surface area contributed by atoms with Crippen LogP contribution in [0, 0.1) is 11.3 Å². The molecule has 3 amide bonds. The van der Waals surface area contributed by atoms with Crippen LogP contribution in [0.15, 0.2) is 24.3 Å². The number of carbonyl (C=O) groups is 2. The van der Waals surface area contributed by atoms with Crippen molar-refractivity contribution in [1.29, 1.82) is 5.26 Å². The molecule has 1 aliphatic carbocycles. The number of nitriles is 1. The maximum atomic E-state index is 12.5. The molecule has 6 heteroatoms. The Morgan fingerprint density at radius 1 is 1.09 bits per heavy atom. The summed E-state index contributed by atoms with van der Waals surface area (Å²) in [5.41, 5.74) is 1.03. The van der Waals surface area contributed by atoms with E-state index in [0.717, 1.165) is 25.7 Å². The van der Waals surface area contributed by atoms with Crippen LogP contribution in [-0.4, -0.2) is 42.0 Å². The molecule has 1 heterocycles. The van der Waals surface area contributed by atoms with Crippen LogP contribution in [0.4, 0.5) is 4.79 Å². The molecule has 1 saturated heterocycles. The Morgan fingerprint density at radius 3 is 2.35 bits per heavy atom. The summed E-state index contributed by atoms with van der Waals surface area (Å²) in [4.78, 5) is 26.0. The zero-order chi connectivity index (χ0) is 16.2. The van der Waals surface area contributed by atoms with E-state index in [2.05, 4.69) is 10.6 Å². The lowest BCUT2D eigenvalue weighted by atomic mass is 10.0. The number of piperidine rings is 1. The first-order valence-electron chi connectivity index (χ1n) is 8.02. The smallest absolute Gasteiger partial charge is 0.315 e. The van der Waals surface area contributed by atoms with E-state index >= 15 is 0 Å². The first-order valence-corrected chi connectivity index (χ1v) is 8.02. The van der Waals surface area contributed by atoms with Crippen molar-refractivity contribution in [3.63, 3.8) is 0 Å². The van der Waals surface area contributed by atoms with Crippen molar-refractivity contribution in [3.8, 4) is 6.07 Å². The third-order valence-electron chi connectivity index (χ3n) is 4.27. The lowest BCUT2D eigenvalue weighted by Gasteiger charge is -2.32. The molecule has 3 rings (SSSR count). The van der Waals surface area contributed by atoms with Gasteiger partial charge < -0.3 is 15.5 Å². The molecule has 0 radical (unpaired) electrons. The van der Waals surface area contributed by atoms with Crippen molar-refractivity contribution in [2.24, 2.45) is 0 Å². The number of likely N-dealkylation sites (tertiary alicyclic amines) is 1. The summed E-state index contributed by atoms with van der Waals surface area (Å²) >= 11 is 0. The largest absolute Gasteiger partial charge is 0.338 e. The van der Waals surface area contributed by atoms with Crippen molar-refractivity contribution in [1.82, 2.24) is 15.5 Å². The van der Waals surface area contributed by atoms with Crippen molar-refractivity contribution < 1.29 is 9.59 Å². The van der Waals surface area contributed by atoms with E-state index in [1.165, 1.54) is 0 Å². The fraction of sp³-hybridized carbons (Fsp3) is 0.471. The number of urea groups is 1. The van der Waals surface area contributed by atoms with Crippen LogP contribution in [0.5, 0.6) is 0 Å². The fourth-order valence-corrected chi connectivity index (χ4v) is 2.77. The summed E-state index contributed by atoms with van der Waals surface area (Å²) in [5.74, 6) is -0.0528. The standard InChI is InChI=1S/C17H20N4O2/c18-11-12-2-1-3-13(10-12)16(22)21-8-6-15(7-9-21)20-17(23)19-14-4-5-14/h1-3,10,14-15H,4-9H2,(H2,19,20,23). The van der Waals surface area contributed by atoms with Gasteiger partial charge in [0.25, 0.3) is 5.91 Å². The zero-order valence-corrected chi connectivity index (χ0v) is 12.9. The highest BCUT2D eigenvalue weighted by molar-refractivity contribution is 5.94. The summed E-state index contributed by atoms with van der Waals surface area (Å²) in [5, 5.41) is 14.8. The summed E-state index contributed by atoms with van der Waals surface area (Å²) in [7, 11) is 0. The molecule has 1 aromatic rings.